The van der Waals surface area contributed by atoms with Gasteiger partial charge in [0.25, 0.3) is 0 Å². The quantitative estimate of drug-likeness (QED) is 0.832. The maximum atomic E-state index is 11.7. The van der Waals surface area contributed by atoms with Crippen molar-refractivity contribution in [2.24, 2.45) is 0 Å². The predicted octanol–water partition coefficient (Wildman–Crippen LogP) is 2.73. The van der Waals surface area contributed by atoms with Crippen LogP contribution < -0.4 is 5.32 Å². The van der Waals surface area contributed by atoms with E-state index < -0.39 is 5.97 Å². The third kappa shape index (κ3) is 4.85. The lowest BCUT2D eigenvalue weighted by Crippen LogP contribution is -2.08. The van der Waals surface area contributed by atoms with E-state index in [1.165, 1.54) is 17.4 Å². The molecule has 2 rings (SSSR count). The molecule has 1 aromatic heterocycles. The van der Waals surface area contributed by atoms with Crippen molar-refractivity contribution < 1.29 is 14.7 Å². The Balaban J connectivity index is 1.93. The maximum Gasteiger partial charge on any atom is 0.309 e. The summed E-state index contributed by atoms with van der Waals surface area (Å²) in [6.07, 6.45) is 2.98. The molecule has 0 bridgehead atoms. The fraction of sp³-hybridized carbons (Fsp3) is 0.133. The van der Waals surface area contributed by atoms with Crippen molar-refractivity contribution in [2.45, 2.75) is 13.3 Å². The fourth-order valence-electron chi connectivity index (χ4n) is 1.60. The topological polar surface area (TPSA) is 79.3 Å². The molecule has 0 radical (unpaired) electrons. The van der Waals surface area contributed by atoms with Crippen molar-refractivity contribution in [3.05, 3.63) is 52.5 Å². The van der Waals surface area contributed by atoms with Gasteiger partial charge in [0.05, 0.1) is 12.1 Å². The lowest BCUT2D eigenvalue weighted by atomic mass is 10.1. The summed E-state index contributed by atoms with van der Waals surface area (Å²) in [7, 11) is 0. The van der Waals surface area contributed by atoms with E-state index in [1.54, 1.807) is 11.5 Å². The molecule has 2 N–H and O–H groups in total. The minimum Gasteiger partial charge on any atom is -0.481 e. The van der Waals surface area contributed by atoms with Crippen LogP contribution in [0.15, 0.2) is 35.7 Å². The molecule has 21 heavy (non-hydrogen) atoms. The van der Waals surface area contributed by atoms with Gasteiger partial charge in [-0.05, 0) is 18.6 Å². The number of carboxylic acids is 1. The Hall–Kier alpha value is -2.47. The third-order valence-corrected chi connectivity index (χ3v) is 3.43. The molecule has 0 aliphatic carbocycles. The van der Waals surface area contributed by atoms with E-state index in [9.17, 15) is 9.59 Å². The van der Waals surface area contributed by atoms with Crippen LogP contribution in [0.1, 0.15) is 16.8 Å². The maximum absolute atomic E-state index is 11.7. The molecule has 1 heterocycles. The lowest BCUT2D eigenvalue weighted by molar-refractivity contribution is -0.136. The fourth-order valence-corrected chi connectivity index (χ4v) is 2.31. The zero-order valence-corrected chi connectivity index (χ0v) is 12.2. The van der Waals surface area contributed by atoms with E-state index >= 15 is 0 Å². The van der Waals surface area contributed by atoms with Gasteiger partial charge in [-0.25, -0.2) is 4.98 Å². The van der Waals surface area contributed by atoms with Crippen LogP contribution in [-0.2, 0) is 16.0 Å². The van der Waals surface area contributed by atoms with Gasteiger partial charge in [-0.2, -0.15) is 0 Å². The van der Waals surface area contributed by atoms with E-state index in [0.29, 0.717) is 10.8 Å². The van der Waals surface area contributed by atoms with Gasteiger partial charge in [0.15, 0.2) is 5.13 Å². The van der Waals surface area contributed by atoms with Crippen LogP contribution in [0.3, 0.4) is 0 Å². The largest absolute Gasteiger partial charge is 0.481 e. The first-order chi connectivity index (χ1) is 10.0. The molecule has 1 aromatic carbocycles. The summed E-state index contributed by atoms with van der Waals surface area (Å²) >= 11 is 1.20. The smallest absolute Gasteiger partial charge is 0.309 e. The zero-order chi connectivity index (χ0) is 15.2. The molecule has 0 saturated heterocycles. The Morgan fingerprint density at radius 1 is 1.33 bits per heavy atom. The number of aryl methyl sites for hydroxylation is 1. The summed E-state index contributed by atoms with van der Waals surface area (Å²) in [5, 5.41) is 13.3. The molecule has 0 aliphatic rings. The molecule has 0 spiro atoms. The number of rotatable bonds is 5. The SMILES string of the molecule is Cc1ccc(C=CC(=O)Nc2nc(CC(=O)O)cs2)cc1. The van der Waals surface area contributed by atoms with Crippen LogP contribution in [0.5, 0.6) is 0 Å². The van der Waals surface area contributed by atoms with Crippen LogP contribution in [0.2, 0.25) is 0 Å². The molecule has 108 valence electrons. The van der Waals surface area contributed by atoms with Gasteiger partial charge in [0.1, 0.15) is 0 Å². The van der Waals surface area contributed by atoms with Crippen LogP contribution in [-0.4, -0.2) is 22.0 Å². The van der Waals surface area contributed by atoms with Crippen LogP contribution in [0.4, 0.5) is 5.13 Å². The van der Waals surface area contributed by atoms with E-state index in [4.69, 9.17) is 5.11 Å². The number of nitrogens with zero attached hydrogens (tertiary/aromatic N) is 1. The molecule has 0 saturated carbocycles. The van der Waals surface area contributed by atoms with Crippen LogP contribution in [0.25, 0.3) is 6.08 Å². The number of amides is 1. The predicted molar refractivity (Wildman–Crippen MR) is 82.3 cm³/mol. The monoisotopic (exact) mass is 302 g/mol. The van der Waals surface area contributed by atoms with Crippen molar-refractivity contribution in [3.8, 4) is 0 Å². The van der Waals surface area contributed by atoms with E-state index in [0.717, 1.165) is 11.1 Å². The summed E-state index contributed by atoms with van der Waals surface area (Å²) in [6.45, 7) is 2.00. The highest BCUT2D eigenvalue weighted by molar-refractivity contribution is 7.14. The van der Waals surface area contributed by atoms with Gasteiger partial charge in [0, 0.05) is 11.5 Å². The molecule has 0 fully saturated rings. The standard InChI is InChI=1S/C15H14N2O3S/c1-10-2-4-11(5-3-10)6-7-13(18)17-15-16-12(9-21-15)8-14(19)20/h2-7,9H,8H2,1H3,(H,19,20)(H,16,17,18). The molecular weight excluding hydrogens is 288 g/mol. The lowest BCUT2D eigenvalue weighted by Gasteiger charge is -1.97. The highest BCUT2D eigenvalue weighted by atomic mass is 32.1. The number of hydrogen-bond acceptors (Lipinski definition) is 4. The van der Waals surface area contributed by atoms with Crippen molar-refractivity contribution in [2.75, 3.05) is 5.32 Å². The van der Waals surface area contributed by atoms with Crippen LogP contribution >= 0.6 is 11.3 Å². The summed E-state index contributed by atoms with van der Waals surface area (Å²) in [5.74, 6) is -1.25. The number of thiazole rings is 1. The van der Waals surface area contributed by atoms with E-state index in [-0.39, 0.29) is 12.3 Å². The van der Waals surface area contributed by atoms with Crippen LogP contribution in [0, 0.1) is 6.92 Å². The number of nitrogens with one attached hydrogen (secondary N) is 1. The normalized spacial score (nSPS) is 10.7. The number of aliphatic carboxylic acids is 1. The average Bonchev–Trinajstić information content (AvgIpc) is 2.84. The first-order valence-electron chi connectivity index (χ1n) is 6.25. The first-order valence-corrected chi connectivity index (χ1v) is 7.13. The van der Waals surface area contributed by atoms with Crippen molar-refractivity contribution >= 4 is 34.4 Å². The van der Waals surface area contributed by atoms with Crippen molar-refractivity contribution in [1.29, 1.82) is 0 Å². The minimum atomic E-state index is -0.947. The summed E-state index contributed by atoms with van der Waals surface area (Å²) in [4.78, 5) is 26.3. The highest BCUT2D eigenvalue weighted by Crippen LogP contribution is 2.16. The van der Waals surface area contributed by atoms with E-state index in [1.807, 2.05) is 31.2 Å². The molecule has 0 unspecified atom stereocenters. The second-order valence-electron chi connectivity index (χ2n) is 4.45. The Kier molecular flexibility index (Phi) is 4.84. The Morgan fingerprint density at radius 3 is 2.71 bits per heavy atom. The first kappa shape index (κ1) is 14.9. The summed E-state index contributed by atoms with van der Waals surface area (Å²) < 4.78 is 0. The summed E-state index contributed by atoms with van der Waals surface area (Å²) in [6, 6.07) is 7.79. The molecule has 1 amide bonds. The Morgan fingerprint density at radius 2 is 2.05 bits per heavy atom. The third-order valence-electron chi connectivity index (χ3n) is 2.62. The highest BCUT2D eigenvalue weighted by Gasteiger charge is 2.07. The number of anilines is 1. The van der Waals surface area contributed by atoms with E-state index in [2.05, 4.69) is 10.3 Å². The van der Waals surface area contributed by atoms with Gasteiger partial charge >= 0.3 is 5.97 Å². The van der Waals surface area contributed by atoms with Gasteiger partial charge in [-0.15, -0.1) is 11.3 Å². The number of carboxylic acid groups (broad SMARTS) is 1. The second-order valence-corrected chi connectivity index (χ2v) is 5.31. The molecule has 6 heteroatoms. The van der Waals surface area contributed by atoms with Gasteiger partial charge in [-0.3, -0.25) is 14.9 Å². The molecule has 5 nitrogen and oxygen atoms in total. The molecular formula is C15H14N2O3S. The minimum absolute atomic E-state index is 0.147. The molecule has 0 atom stereocenters. The van der Waals surface area contributed by atoms with Crippen molar-refractivity contribution in [3.63, 3.8) is 0 Å². The Labute approximate surface area is 126 Å². The number of benzene rings is 1. The zero-order valence-electron chi connectivity index (χ0n) is 11.4. The summed E-state index contributed by atoms with van der Waals surface area (Å²) in [5.41, 5.74) is 2.53. The molecule has 0 aliphatic heterocycles. The van der Waals surface area contributed by atoms with Gasteiger partial charge in [0.2, 0.25) is 5.91 Å². The van der Waals surface area contributed by atoms with Gasteiger partial charge < -0.3 is 5.11 Å². The molecule has 2 aromatic rings. The number of hydrogen-bond donors (Lipinski definition) is 2. The number of aromatic nitrogens is 1. The second kappa shape index (κ2) is 6.81. The van der Waals surface area contributed by atoms with Gasteiger partial charge in [-0.1, -0.05) is 29.8 Å². The van der Waals surface area contributed by atoms with Crippen molar-refractivity contribution in [1.82, 2.24) is 4.98 Å². The number of carbonyl (C=O) groups excluding carboxylic acids is 1. The Bertz CT molecular complexity index is 674. The number of carbonyl (C=O) groups is 2. The average molecular weight is 302 g/mol.